The van der Waals surface area contributed by atoms with E-state index in [2.05, 4.69) is 37.4 Å². The van der Waals surface area contributed by atoms with Crippen LogP contribution in [-0.2, 0) is 0 Å². The topological polar surface area (TPSA) is 75.6 Å². The number of para-hydroxylation sites is 1. The van der Waals surface area contributed by atoms with Gasteiger partial charge < -0.3 is 10.6 Å². The van der Waals surface area contributed by atoms with Gasteiger partial charge in [0.1, 0.15) is 0 Å². The van der Waals surface area contributed by atoms with Crippen molar-refractivity contribution in [3.63, 3.8) is 0 Å². The molecule has 6 nitrogen and oxygen atoms in total. The van der Waals surface area contributed by atoms with Crippen molar-refractivity contribution < 1.29 is 0 Å². The molecule has 6 heteroatoms. The van der Waals surface area contributed by atoms with Crippen molar-refractivity contribution >= 4 is 28.4 Å². The van der Waals surface area contributed by atoms with Crippen molar-refractivity contribution in [1.82, 2.24) is 20.2 Å². The average molecular weight is 278 g/mol. The van der Waals surface area contributed by atoms with Gasteiger partial charge in [-0.15, -0.1) is 11.7 Å². The molecular weight excluding hydrogens is 264 g/mol. The Morgan fingerprint density at radius 2 is 2.10 bits per heavy atom. The maximum atomic E-state index is 4.38. The van der Waals surface area contributed by atoms with E-state index in [-0.39, 0.29) is 0 Å². The number of nitrogens with one attached hydrogen (secondary N) is 2. The van der Waals surface area contributed by atoms with Crippen molar-refractivity contribution in [2.45, 2.75) is 0 Å². The fourth-order valence-corrected chi connectivity index (χ4v) is 1.94. The molecule has 2 N–H and O–H groups in total. The summed E-state index contributed by atoms with van der Waals surface area (Å²) in [6.45, 7) is 4.27. The molecule has 0 atom stereocenters. The Labute approximate surface area is 122 Å². The number of hydrogen-bond donors (Lipinski definition) is 2. The van der Waals surface area contributed by atoms with E-state index in [9.17, 15) is 0 Å². The van der Waals surface area contributed by atoms with Crippen molar-refractivity contribution in [2.24, 2.45) is 0 Å². The minimum atomic E-state index is 0.419. The van der Waals surface area contributed by atoms with Crippen LogP contribution in [0.4, 0.5) is 17.5 Å². The highest BCUT2D eigenvalue weighted by Gasteiger charge is 2.05. The van der Waals surface area contributed by atoms with Crippen molar-refractivity contribution in [3.05, 3.63) is 55.4 Å². The number of anilines is 3. The van der Waals surface area contributed by atoms with Crippen LogP contribution in [0.5, 0.6) is 0 Å². The molecule has 2 heterocycles. The number of rotatable bonds is 5. The zero-order valence-electron chi connectivity index (χ0n) is 11.3. The maximum Gasteiger partial charge on any atom is 0.249 e. The second-order valence-corrected chi connectivity index (χ2v) is 4.34. The van der Waals surface area contributed by atoms with E-state index in [0.29, 0.717) is 18.3 Å². The number of benzene rings is 1. The Morgan fingerprint density at radius 1 is 1.19 bits per heavy atom. The smallest absolute Gasteiger partial charge is 0.249 e. The van der Waals surface area contributed by atoms with Crippen LogP contribution in [0.25, 0.3) is 10.9 Å². The first-order valence-corrected chi connectivity index (χ1v) is 6.52. The third-order valence-corrected chi connectivity index (χ3v) is 2.87. The van der Waals surface area contributed by atoms with Crippen LogP contribution >= 0.6 is 0 Å². The Kier molecular flexibility index (Phi) is 3.68. The molecule has 0 spiro atoms. The van der Waals surface area contributed by atoms with Crippen molar-refractivity contribution in [3.8, 4) is 0 Å². The third-order valence-electron chi connectivity index (χ3n) is 2.87. The van der Waals surface area contributed by atoms with Crippen LogP contribution in [0.15, 0.2) is 55.4 Å². The lowest BCUT2D eigenvalue weighted by molar-refractivity contribution is 0.976. The minimum absolute atomic E-state index is 0.419. The largest absolute Gasteiger partial charge is 0.365 e. The van der Waals surface area contributed by atoms with Crippen LogP contribution in [-0.4, -0.2) is 26.7 Å². The predicted molar refractivity (Wildman–Crippen MR) is 83.5 cm³/mol. The summed E-state index contributed by atoms with van der Waals surface area (Å²) in [7, 11) is 0. The molecule has 0 fully saturated rings. The van der Waals surface area contributed by atoms with Gasteiger partial charge in [0.2, 0.25) is 5.95 Å². The van der Waals surface area contributed by atoms with Crippen LogP contribution in [0, 0.1) is 0 Å². The molecule has 3 aromatic rings. The highest BCUT2D eigenvalue weighted by molar-refractivity contribution is 5.91. The molecule has 0 aliphatic rings. The lowest BCUT2D eigenvalue weighted by atomic mass is 10.2. The van der Waals surface area contributed by atoms with Gasteiger partial charge in [0.05, 0.1) is 17.4 Å². The fraction of sp³-hybridized carbons (Fsp3) is 0.0667. The fourth-order valence-electron chi connectivity index (χ4n) is 1.94. The summed E-state index contributed by atoms with van der Waals surface area (Å²) in [6.07, 6.45) is 5.08. The normalized spacial score (nSPS) is 10.3. The summed E-state index contributed by atoms with van der Waals surface area (Å²) in [6, 6.07) is 9.81. The number of fused-ring (bicyclic) bond motifs is 1. The molecule has 0 saturated heterocycles. The highest BCUT2D eigenvalue weighted by atomic mass is 15.3. The second kappa shape index (κ2) is 5.96. The predicted octanol–water partition coefficient (Wildman–Crippen LogP) is 2.76. The molecule has 0 saturated carbocycles. The lowest BCUT2D eigenvalue weighted by Crippen LogP contribution is -2.05. The van der Waals surface area contributed by atoms with Crippen LogP contribution in [0.1, 0.15) is 0 Å². The van der Waals surface area contributed by atoms with E-state index < -0.39 is 0 Å². The number of aromatic nitrogens is 4. The van der Waals surface area contributed by atoms with E-state index in [1.807, 2.05) is 30.3 Å². The van der Waals surface area contributed by atoms with Gasteiger partial charge in [-0.25, -0.2) is 0 Å². The molecule has 104 valence electrons. The van der Waals surface area contributed by atoms with Crippen molar-refractivity contribution in [1.29, 1.82) is 0 Å². The van der Waals surface area contributed by atoms with Crippen molar-refractivity contribution in [2.75, 3.05) is 17.2 Å². The summed E-state index contributed by atoms with van der Waals surface area (Å²) in [4.78, 5) is 8.72. The highest BCUT2D eigenvalue weighted by Crippen LogP contribution is 2.22. The molecule has 0 unspecified atom stereocenters. The van der Waals surface area contributed by atoms with Gasteiger partial charge in [-0.05, 0) is 12.1 Å². The Hall–Kier alpha value is -3.02. The number of nitrogens with zero attached hydrogens (tertiary/aromatic N) is 4. The van der Waals surface area contributed by atoms with Gasteiger partial charge in [0, 0.05) is 18.1 Å². The van der Waals surface area contributed by atoms with Gasteiger partial charge in [-0.3, -0.25) is 4.98 Å². The number of pyridine rings is 1. The van der Waals surface area contributed by atoms with E-state index >= 15 is 0 Å². The maximum absolute atomic E-state index is 4.38. The molecule has 0 amide bonds. The zero-order chi connectivity index (χ0) is 14.5. The van der Waals surface area contributed by atoms with E-state index in [1.54, 1.807) is 18.5 Å². The monoisotopic (exact) mass is 278 g/mol. The molecular formula is C15H14N6. The van der Waals surface area contributed by atoms with Gasteiger partial charge in [0.25, 0.3) is 0 Å². The summed E-state index contributed by atoms with van der Waals surface area (Å²) >= 11 is 0. The summed E-state index contributed by atoms with van der Waals surface area (Å²) in [5.74, 6) is 1.06. The molecule has 3 rings (SSSR count). The van der Waals surface area contributed by atoms with Gasteiger partial charge >= 0.3 is 0 Å². The van der Waals surface area contributed by atoms with Crippen LogP contribution < -0.4 is 10.6 Å². The average Bonchev–Trinajstić information content (AvgIpc) is 2.54. The SMILES string of the molecule is C=CCNc1cnnc(Nc2cccc3cccnc23)n1. The Balaban J connectivity index is 1.90. The molecule has 0 bridgehead atoms. The molecule has 0 radical (unpaired) electrons. The van der Waals surface area contributed by atoms with E-state index in [4.69, 9.17) is 0 Å². The van der Waals surface area contributed by atoms with Crippen LogP contribution in [0.3, 0.4) is 0 Å². The van der Waals surface area contributed by atoms with E-state index in [0.717, 1.165) is 16.6 Å². The zero-order valence-corrected chi connectivity index (χ0v) is 11.3. The van der Waals surface area contributed by atoms with Gasteiger partial charge in [0.15, 0.2) is 5.82 Å². The number of hydrogen-bond acceptors (Lipinski definition) is 6. The van der Waals surface area contributed by atoms with Gasteiger partial charge in [-0.1, -0.05) is 24.3 Å². The molecule has 21 heavy (non-hydrogen) atoms. The minimum Gasteiger partial charge on any atom is -0.365 e. The van der Waals surface area contributed by atoms with E-state index in [1.165, 1.54) is 0 Å². The molecule has 1 aromatic carbocycles. The van der Waals surface area contributed by atoms with Gasteiger partial charge in [-0.2, -0.15) is 10.1 Å². The first kappa shape index (κ1) is 13.0. The first-order chi connectivity index (χ1) is 10.4. The Bertz CT molecular complexity index is 765. The lowest BCUT2D eigenvalue weighted by Gasteiger charge is -2.08. The summed E-state index contributed by atoms with van der Waals surface area (Å²) < 4.78 is 0. The standard InChI is InChI=1S/C15H14N6/c1-2-8-16-13-10-18-21-15(20-13)19-12-7-3-5-11-6-4-9-17-14(11)12/h2-7,9-10H,1,8H2,(H2,16,19,20,21). The summed E-state index contributed by atoms with van der Waals surface area (Å²) in [5.41, 5.74) is 1.71. The third kappa shape index (κ3) is 2.94. The Morgan fingerprint density at radius 3 is 3.00 bits per heavy atom. The second-order valence-electron chi connectivity index (χ2n) is 4.34. The quantitative estimate of drug-likeness (QED) is 0.699. The van der Waals surface area contributed by atoms with Crippen LogP contribution in [0.2, 0.25) is 0 Å². The summed E-state index contributed by atoms with van der Waals surface area (Å²) in [5, 5.41) is 15.2. The molecule has 0 aliphatic carbocycles. The molecule has 2 aromatic heterocycles. The molecule has 0 aliphatic heterocycles. The first-order valence-electron chi connectivity index (χ1n) is 6.52.